The summed E-state index contributed by atoms with van der Waals surface area (Å²) >= 11 is 0. The zero-order chi connectivity index (χ0) is 16.5. The Labute approximate surface area is 139 Å². The lowest BCUT2D eigenvalue weighted by Crippen LogP contribution is -2.24. The maximum atomic E-state index is 12.3. The number of fused-ring (bicyclic) bond motifs is 1. The Morgan fingerprint density at radius 2 is 2.12 bits per heavy atom. The van der Waals surface area contributed by atoms with Gasteiger partial charge >= 0.3 is 0 Å². The molecule has 0 radical (unpaired) electrons. The Hall–Kier alpha value is -2.70. The van der Waals surface area contributed by atoms with Crippen LogP contribution >= 0.6 is 0 Å². The Kier molecular flexibility index (Phi) is 3.76. The molecule has 1 N–H and O–H groups in total. The highest BCUT2D eigenvalue weighted by atomic mass is 16.1. The number of aromatic nitrogens is 5. The Morgan fingerprint density at radius 1 is 1.29 bits per heavy atom. The number of pyridine rings is 1. The van der Waals surface area contributed by atoms with Crippen LogP contribution in [-0.2, 0) is 13.6 Å². The van der Waals surface area contributed by atoms with E-state index < -0.39 is 0 Å². The number of hydrogen-bond donors (Lipinski definition) is 1. The molecule has 0 saturated heterocycles. The van der Waals surface area contributed by atoms with E-state index in [0.29, 0.717) is 18.2 Å². The molecular weight excluding hydrogens is 304 g/mol. The number of nitrogens with one attached hydrogen (secondary N) is 1. The van der Waals surface area contributed by atoms with Crippen molar-refractivity contribution in [3.63, 3.8) is 0 Å². The van der Waals surface area contributed by atoms with E-state index in [0.717, 1.165) is 17.0 Å². The molecule has 0 aromatic carbocycles. The van der Waals surface area contributed by atoms with Crippen LogP contribution in [0.5, 0.6) is 0 Å². The van der Waals surface area contributed by atoms with Crippen molar-refractivity contribution in [2.45, 2.75) is 38.3 Å². The van der Waals surface area contributed by atoms with Crippen molar-refractivity contribution in [3.8, 4) is 0 Å². The highest BCUT2D eigenvalue weighted by molar-refractivity contribution is 5.96. The van der Waals surface area contributed by atoms with E-state index in [9.17, 15) is 4.79 Å². The van der Waals surface area contributed by atoms with Crippen molar-refractivity contribution in [2.75, 3.05) is 0 Å². The molecule has 7 nitrogen and oxygen atoms in total. The van der Waals surface area contributed by atoms with Crippen LogP contribution in [0, 0.1) is 0 Å². The normalized spacial score (nSPS) is 15.2. The van der Waals surface area contributed by atoms with Crippen molar-refractivity contribution in [1.29, 1.82) is 0 Å². The van der Waals surface area contributed by atoms with Crippen molar-refractivity contribution in [3.05, 3.63) is 42.4 Å². The molecule has 3 aromatic rings. The standard InChI is InChI=1S/C17H20N6O/c1-22-7-6-18-15(22)10-20-17(24)12-8-14-16(19-9-12)23(11-21-14)13-4-2-3-5-13/h6-9,11,13H,2-5,10H2,1H3,(H,20,24). The van der Waals surface area contributed by atoms with Crippen LogP contribution in [0.1, 0.15) is 47.9 Å². The van der Waals surface area contributed by atoms with Gasteiger partial charge in [-0.05, 0) is 18.9 Å². The van der Waals surface area contributed by atoms with Gasteiger partial charge in [0.15, 0.2) is 5.65 Å². The fraction of sp³-hybridized carbons (Fsp3) is 0.412. The second-order valence-electron chi connectivity index (χ2n) is 6.29. The number of amides is 1. The van der Waals surface area contributed by atoms with Crippen LogP contribution in [0.2, 0.25) is 0 Å². The first-order chi connectivity index (χ1) is 11.7. The molecular formula is C17H20N6O. The first kappa shape index (κ1) is 14.9. The monoisotopic (exact) mass is 324 g/mol. The first-order valence-electron chi connectivity index (χ1n) is 8.29. The van der Waals surface area contributed by atoms with E-state index in [-0.39, 0.29) is 5.91 Å². The van der Waals surface area contributed by atoms with Crippen LogP contribution in [0.4, 0.5) is 0 Å². The molecule has 4 rings (SSSR count). The summed E-state index contributed by atoms with van der Waals surface area (Å²) < 4.78 is 4.03. The van der Waals surface area contributed by atoms with Crippen molar-refractivity contribution in [2.24, 2.45) is 7.05 Å². The lowest BCUT2D eigenvalue weighted by Gasteiger charge is -2.11. The molecule has 1 aliphatic rings. The maximum absolute atomic E-state index is 12.3. The van der Waals surface area contributed by atoms with E-state index in [2.05, 4.69) is 24.8 Å². The van der Waals surface area contributed by atoms with E-state index in [1.807, 2.05) is 30.2 Å². The van der Waals surface area contributed by atoms with Gasteiger partial charge in [0.2, 0.25) is 0 Å². The van der Waals surface area contributed by atoms with E-state index in [4.69, 9.17) is 0 Å². The molecule has 0 atom stereocenters. The third-order valence-electron chi connectivity index (χ3n) is 4.72. The first-order valence-corrected chi connectivity index (χ1v) is 8.29. The Balaban J connectivity index is 1.52. The highest BCUT2D eigenvalue weighted by Gasteiger charge is 2.20. The molecule has 124 valence electrons. The summed E-state index contributed by atoms with van der Waals surface area (Å²) in [6.07, 6.45) is 11.9. The number of carbonyl (C=O) groups is 1. The third kappa shape index (κ3) is 2.66. The highest BCUT2D eigenvalue weighted by Crippen LogP contribution is 2.31. The fourth-order valence-corrected chi connectivity index (χ4v) is 3.32. The summed E-state index contributed by atoms with van der Waals surface area (Å²) in [6.45, 7) is 0.386. The van der Waals surface area contributed by atoms with Crippen LogP contribution in [0.15, 0.2) is 31.0 Å². The quantitative estimate of drug-likeness (QED) is 0.798. The lowest BCUT2D eigenvalue weighted by atomic mass is 10.2. The van der Waals surface area contributed by atoms with Gasteiger partial charge in [0.1, 0.15) is 11.3 Å². The molecule has 1 amide bonds. The molecule has 0 bridgehead atoms. The average Bonchev–Trinajstić information content (AvgIpc) is 3.32. The number of nitrogens with zero attached hydrogens (tertiary/aromatic N) is 5. The van der Waals surface area contributed by atoms with Gasteiger partial charge in [-0.15, -0.1) is 0 Å². The molecule has 3 aromatic heterocycles. The van der Waals surface area contributed by atoms with Crippen LogP contribution in [0.3, 0.4) is 0 Å². The zero-order valence-corrected chi connectivity index (χ0v) is 13.6. The summed E-state index contributed by atoms with van der Waals surface area (Å²) in [4.78, 5) is 25.5. The molecule has 1 fully saturated rings. The van der Waals surface area contributed by atoms with E-state index in [1.165, 1.54) is 25.7 Å². The van der Waals surface area contributed by atoms with Crippen molar-refractivity contribution < 1.29 is 4.79 Å². The molecule has 1 aliphatic carbocycles. The minimum Gasteiger partial charge on any atom is -0.345 e. The van der Waals surface area contributed by atoms with Gasteiger partial charge in [0.25, 0.3) is 5.91 Å². The molecule has 0 aliphatic heterocycles. The summed E-state index contributed by atoms with van der Waals surface area (Å²) in [5, 5.41) is 2.87. The lowest BCUT2D eigenvalue weighted by molar-refractivity contribution is 0.0949. The van der Waals surface area contributed by atoms with Gasteiger partial charge < -0.3 is 14.5 Å². The Bertz CT molecular complexity index is 874. The maximum Gasteiger partial charge on any atom is 0.253 e. The molecule has 0 unspecified atom stereocenters. The molecule has 0 spiro atoms. The second-order valence-corrected chi connectivity index (χ2v) is 6.29. The average molecular weight is 324 g/mol. The number of hydrogen-bond acceptors (Lipinski definition) is 4. The van der Waals surface area contributed by atoms with Crippen LogP contribution < -0.4 is 5.32 Å². The van der Waals surface area contributed by atoms with Gasteiger partial charge in [0, 0.05) is 31.7 Å². The van der Waals surface area contributed by atoms with Crippen molar-refractivity contribution >= 4 is 17.1 Å². The molecule has 24 heavy (non-hydrogen) atoms. The van der Waals surface area contributed by atoms with Gasteiger partial charge in [-0.1, -0.05) is 12.8 Å². The summed E-state index contributed by atoms with van der Waals surface area (Å²) in [5.41, 5.74) is 2.16. The van der Waals surface area contributed by atoms with E-state index >= 15 is 0 Å². The summed E-state index contributed by atoms with van der Waals surface area (Å²) in [5.74, 6) is 0.644. The Morgan fingerprint density at radius 3 is 2.88 bits per heavy atom. The molecule has 1 saturated carbocycles. The largest absolute Gasteiger partial charge is 0.345 e. The van der Waals surface area contributed by atoms with Crippen LogP contribution in [-0.4, -0.2) is 30.0 Å². The topological polar surface area (TPSA) is 77.6 Å². The van der Waals surface area contributed by atoms with E-state index in [1.54, 1.807) is 12.4 Å². The van der Waals surface area contributed by atoms with Gasteiger partial charge in [0.05, 0.1) is 18.4 Å². The number of rotatable bonds is 4. The zero-order valence-electron chi connectivity index (χ0n) is 13.6. The summed E-state index contributed by atoms with van der Waals surface area (Å²) in [7, 11) is 1.90. The van der Waals surface area contributed by atoms with Crippen LogP contribution in [0.25, 0.3) is 11.2 Å². The SMILES string of the molecule is Cn1ccnc1CNC(=O)c1cnc2c(c1)ncn2C1CCCC1. The predicted octanol–water partition coefficient (Wildman–Crippen LogP) is 2.21. The number of aryl methyl sites for hydroxylation is 1. The van der Waals surface area contributed by atoms with Gasteiger partial charge in [-0.3, -0.25) is 4.79 Å². The fourth-order valence-electron chi connectivity index (χ4n) is 3.32. The smallest absolute Gasteiger partial charge is 0.253 e. The number of carbonyl (C=O) groups excluding carboxylic acids is 1. The third-order valence-corrected chi connectivity index (χ3v) is 4.72. The minimum atomic E-state index is -0.164. The molecule has 7 heteroatoms. The second kappa shape index (κ2) is 6.07. The van der Waals surface area contributed by atoms with Crippen molar-refractivity contribution in [1.82, 2.24) is 29.4 Å². The summed E-state index contributed by atoms with van der Waals surface area (Å²) in [6, 6.07) is 2.30. The molecule has 3 heterocycles. The minimum absolute atomic E-state index is 0.164. The number of imidazole rings is 2. The predicted molar refractivity (Wildman–Crippen MR) is 89.4 cm³/mol. The van der Waals surface area contributed by atoms with Gasteiger partial charge in [-0.25, -0.2) is 15.0 Å². The van der Waals surface area contributed by atoms with Gasteiger partial charge in [-0.2, -0.15) is 0 Å².